The smallest absolute Gasteiger partial charge is 0.462 e. The average molecular weight is 1540 g/mol. The van der Waals surface area contributed by atoms with Gasteiger partial charge in [-0.15, -0.1) is 0 Å². The van der Waals surface area contributed by atoms with E-state index in [0.29, 0.717) is 25.7 Å². The zero-order chi connectivity index (χ0) is 76.9. The van der Waals surface area contributed by atoms with Crippen molar-refractivity contribution in [3.8, 4) is 0 Å². The third kappa shape index (κ3) is 79.9. The van der Waals surface area contributed by atoms with Crippen LogP contribution < -0.4 is 0 Å². The maximum absolute atomic E-state index is 13.1. The molecule has 3 N–H and O–H groups in total. The summed E-state index contributed by atoms with van der Waals surface area (Å²) in [5.74, 6) is -1.34. The van der Waals surface area contributed by atoms with E-state index in [4.69, 9.17) is 37.0 Å². The Labute approximate surface area is 645 Å². The second kappa shape index (κ2) is 78.7. The molecule has 0 saturated heterocycles. The molecule has 0 aliphatic carbocycles. The largest absolute Gasteiger partial charge is 0.472 e. The number of aliphatic hydroxyl groups excluding tert-OH is 1. The van der Waals surface area contributed by atoms with Gasteiger partial charge in [0.15, 0.2) is 12.2 Å². The van der Waals surface area contributed by atoms with Crippen LogP contribution in [-0.2, 0) is 65.4 Å². The van der Waals surface area contributed by atoms with Gasteiger partial charge < -0.3 is 33.8 Å². The molecule has 0 saturated carbocycles. The molecule has 17 nitrogen and oxygen atoms in total. The molecule has 0 amide bonds. The first kappa shape index (κ1) is 103. The SMILES string of the molecule is CCCCCCCCCCCCCCCCCCCCCCCC(=O)O[C@H](COC(=O)CCCCCCCCCCCCCCCCCCCCCC)COP(=O)(O)OC[C@@H](O)COP(=O)(O)OC[C@@H](COC(=O)CCCCCCCCCCCC)OC(=O)CCCCCCCCCCCCCC(C)C. The molecule has 0 radical (unpaired) electrons. The highest BCUT2D eigenvalue weighted by Crippen LogP contribution is 2.45. The van der Waals surface area contributed by atoms with Gasteiger partial charge in [-0.3, -0.25) is 37.3 Å². The molecule has 0 aliphatic heterocycles. The molecule has 0 spiro atoms. The minimum atomic E-state index is -4.97. The lowest BCUT2D eigenvalue weighted by Gasteiger charge is -2.21. The molecule has 105 heavy (non-hydrogen) atoms. The number of carbonyl (C=O) groups is 4. The number of phosphoric acid groups is 2. The van der Waals surface area contributed by atoms with Crippen LogP contribution in [0, 0.1) is 5.92 Å². The summed E-state index contributed by atoms with van der Waals surface area (Å²) in [6, 6.07) is 0. The fraction of sp³-hybridized carbons (Fsp3) is 0.953. The molecule has 0 aromatic rings. The molecule has 5 atom stereocenters. The summed E-state index contributed by atoms with van der Waals surface area (Å²) in [6.07, 6.45) is 72.3. The zero-order valence-corrected chi connectivity index (χ0v) is 70.7. The van der Waals surface area contributed by atoms with E-state index in [9.17, 15) is 43.2 Å². The fourth-order valence-corrected chi connectivity index (χ4v) is 15.1. The maximum Gasteiger partial charge on any atom is 0.472 e. The molecule has 0 fully saturated rings. The first-order chi connectivity index (χ1) is 51.0. The number of aliphatic hydroxyl groups is 1. The van der Waals surface area contributed by atoms with Crippen molar-refractivity contribution in [2.45, 2.75) is 483 Å². The molecule has 2 unspecified atom stereocenters. The molecule has 19 heteroatoms. The van der Waals surface area contributed by atoms with Crippen molar-refractivity contribution in [1.29, 1.82) is 0 Å². The monoisotopic (exact) mass is 1540 g/mol. The molecule has 624 valence electrons. The Bertz CT molecular complexity index is 2000. The van der Waals surface area contributed by atoms with Gasteiger partial charge in [-0.25, -0.2) is 9.13 Å². The van der Waals surface area contributed by atoms with Crippen LogP contribution >= 0.6 is 15.6 Å². The number of unbranched alkanes of at least 4 members (excludes halogenated alkanes) is 58. The second-order valence-electron chi connectivity index (χ2n) is 31.4. The Kier molecular flexibility index (Phi) is 77.3. The molecule has 0 bridgehead atoms. The van der Waals surface area contributed by atoms with E-state index < -0.39 is 97.5 Å². The lowest BCUT2D eigenvalue weighted by molar-refractivity contribution is -0.161. The van der Waals surface area contributed by atoms with Crippen molar-refractivity contribution in [3.63, 3.8) is 0 Å². The summed E-state index contributed by atoms with van der Waals surface area (Å²) in [5, 5.41) is 10.7. The van der Waals surface area contributed by atoms with Crippen LogP contribution in [0.1, 0.15) is 465 Å². The topological polar surface area (TPSA) is 237 Å². The number of esters is 4. The van der Waals surface area contributed by atoms with E-state index in [2.05, 4.69) is 34.6 Å². The van der Waals surface area contributed by atoms with Crippen molar-refractivity contribution in [2.24, 2.45) is 5.92 Å². The molecule has 0 aromatic heterocycles. The maximum atomic E-state index is 13.1. The third-order valence-electron chi connectivity index (χ3n) is 20.3. The van der Waals surface area contributed by atoms with Gasteiger partial charge in [0, 0.05) is 25.7 Å². The normalized spacial score (nSPS) is 13.8. The fourth-order valence-electron chi connectivity index (χ4n) is 13.5. The summed E-state index contributed by atoms with van der Waals surface area (Å²) in [7, 11) is -9.92. The van der Waals surface area contributed by atoms with Crippen molar-refractivity contribution >= 4 is 39.5 Å². The highest BCUT2D eigenvalue weighted by molar-refractivity contribution is 7.47. The predicted molar refractivity (Wildman–Crippen MR) is 432 cm³/mol. The van der Waals surface area contributed by atoms with Crippen LogP contribution in [0.5, 0.6) is 0 Å². The van der Waals surface area contributed by atoms with E-state index in [1.807, 2.05) is 0 Å². The number of phosphoric ester groups is 2. The van der Waals surface area contributed by atoms with Gasteiger partial charge in [0.25, 0.3) is 0 Å². The van der Waals surface area contributed by atoms with E-state index >= 15 is 0 Å². The van der Waals surface area contributed by atoms with Gasteiger partial charge >= 0.3 is 39.5 Å². The quantitative estimate of drug-likeness (QED) is 0.0222. The lowest BCUT2D eigenvalue weighted by atomic mass is 10.0. The number of hydrogen-bond acceptors (Lipinski definition) is 15. The highest BCUT2D eigenvalue weighted by atomic mass is 31.2. The van der Waals surface area contributed by atoms with E-state index in [1.165, 1.54) is 289 Å². The van der Waals surface area contributed by atoms with Crippen molar-refractivity contribution in [1.82, 2.24) is 0 Å². The summed E-state index contributed by atoms with van der Waals surface area (Å²) in [6.45, 7) is 7.35. The number of hydrogen-bond donors (Lipinski definition) is 3. The van der Waals surface area contributed by atoms with Gasteiger partial charge in [-0.1, -0.05) is 413 Å². The van der Waals surface area contributed by atoms with Gasteiger partial charge in [0.1, 0.15) is 19.3 Å². The summed E-state index contributed by atoms with van der Waals surface area (Å²) in [5.41, 5.74) is 0. The summed E-state index contributed by atoms with van der Waals surface area (Å²) < 4.78 is 68.9. The Morgan fingerprint density at radius 3 is 0.648 bits per heavy atom. The van der Waals surface area contributed by atoms with Crippen LogP contribution in [-0.4, -0.2) is 96.7 Å². The van der Waals surface area contributed by atoms with E-state index in [0.717, 1.165) is 95.8 Å². The van der Waals surface area contributed by atoms with E-state index in [-0.39, 0.29) is 25.7 Å². The Morgan fingerprint density at radius 1 is 0.257 bits per heavy atom. The van der Waals surface area contributed by atoms with Crippen LogP contribution in [0.15, 0.2) is 0 Å². The van der Waals surface area contributed by atoms with Crippen LogP contribution in [0.3, 0.4) is 0 Å². The molecule has 0 aliphatic rings. The third-order valence-corrected chi connectivity index (χ3v) is 22.2. The Hall–Kier alpha value is -1.94. The molecule has 0 rings (SSSR count). The first-order valence-corrected chi connectivity index (χ1v) is 47.6. The van der Waals surface area contributed by atoms with E-state index in [1.54, 1.807) is 0 Å². The van der Waals surface area contributed by atoms with Crippen molar-refractivity contribution in [2.75, 3.05) is 39.6 Å². The van der Waals surface area contributed by atoms with Gasteiger partial charge in [0.05, 0.1) is 26.4 Å². The minimum Gasteiger partial charge on any atom is -0.462 e. The molecular weight excluding hydrogens is 1370 g/mol. The van der Waals surface area contributed by atoms with Crippen LogP contribution in [0.2, 0.25) is 0 Å². The lowest BCUT2D eigenvalue weighted by Crippen LogP contribution is -2.30. The predicted octanol–water partition coefficient (Wildman–Crippen LogP) is 26.4. The Balaban J connectivity index is 5.21. The first-order valence-electron chi connectivity index (χ1n) is 44.6. The van der Waals surface area contributed by atoms with Gasteiger partial charge in [0.2, 0.25) is 0 Å². The van der Waals surface area contributed by atoms with Crippen molar-refractivity contribution in [3.05, 3.63) is 0 Å². The standard InChI is InChI=1S/C86H168O17P2/c1-6-9-12-15-18-21-24-26-28-30-32-34-36-38-40-42-46-51-56-61-66-71-85(90)102-82(76-97-84(89)70-65-60-55-50-45-41-39-37-35-33-31-29-27-25-22-19-16-13-10-7-2)78-101-105(94,95)99-74-80(87)73-98-104(92,93)100-77-81(75-96-83(88)69-64-59-54-49-23-20-17-14-11-8-3)103-86(91)72-67-62-57-52-47-43-44-48-53-58-63-68-79(4)5/h79-82,87H,6-78H2,1-5H3,(H,92,93)(H,94,95)/t80-,81+,82+/m0/s1. The summed E-state index contributed by atoms with van der Waals surface area (Å²) >= 11 is 0. The van der Waals surface area contributed by atoms with Crippen molar-refractivity contribution < 1.29 is 80.2 Å². The number of carbonyl (C=O) groups excluding carboxylic acids is 4. The number of rotatable bonds is 86. The number of ether oxygens (including phenoxy) is 4. The van der Waals surface area contributed by atoms with Gasteiger partial charge in [-0.05, 0) is 31.6 Å². The Morgan fingerprint density at radius 2 is 0.438 bits per heavy atom. The molecule has 0 heterocycles. The second-order valence-corrected chi connectivity index (χ2v) is 34.3. The molecular formula is C86H168O17P2. The highest BCUT2D eigenvalue weighted by Gasteiger charge is 2.30. The van der Waals surface area contributed by atoms with Gasteiger partial charge in [-0.2, -0.15) is 0 Å². The zero-order valence-electron chi connectivity index (χ0n) is 68.9. The average Bonchev–Trinajstić information content (AvgIpc) is 0.920. The van der Waals surface area contributed by atoms with Crippen LogP contribution in [0.25, 0.3) is 0 Å². The summed E-state index contributed by atoms with van der Waals surface area (Å²) in [4.78, 5) is 73.2. The minimum absolute atomic E-state index is 0.107. The molecule has 0 aromatic carbocycles. The van der Waals surface area contributed by atoms with Crippen LogP contribution in [0.4, 0.5) is 0 Å².